The summed E-state index contributed by atoms with van der Waals surface area (Å²) >= 11 is 0. The second-order valence-electron chi connectivity index (χ2n) is 13.1. The lowest BCUT2D eigenvalue weighted by molar-refractivity contribution is -0.368. The van der Waals surface area contributed by atoms with Crippen LogP contribution in [-0.2, 0) is 109 Å². The Morgan fingerprint density at radius 1 is 0.390 bits per heavy atom. The van der Waals surface area contributed by atoms with Gasteiger partial charge in [-0.25, -0.2) is 0 Å². The van der Waals surface area contributed by atoms with Crippen LogP contribution >= 0.6 is 0 Å². The zero-order valence-corrected chi connectivity index (χ0v) is 33.7. The lowest BCUT2D eigenvalue weighted by Crippen LogP contribution is -2.67. The van der Waals surface area contributed by atoms with Crippen molar-refractivity contribution in [3.63, 3.8) is 0 Å². The normalized spacial score (nSPS) is 31.2. The molecule has 0 aromatic carbocycles. The minimum atomic E-state index is -1.91. The third kappa shape index (κ3) is 14.7. The second kappa shape index (κ2) is 22.1. The van der Waals surface area contributed by atoms with Gasteiger partial charge in [-0.1, -0.05) is 0 Å². The Hall–Kier alpha value is -5.39. The van der Waals surface area contributed by atoms with Crippen LogP contribution in [0.25, 0.3) is 0 Å². The number of hydrogen-bond acceptors (Lipinski definition) is 23. The summed E-state index contributed by atoms with van der Waals surface area (Å²) in [4.78, 5) is 110. The minimum absolute atomic E-state index is 0.439. The monoisotopic (exact) mass is 848 g/mol. The van der Waals surface area contributed by atoms with Crippen molar-refractivity contribution >= 4 is 53.7 Å². The minimum Gasteiger partial charge on any atom is -0.492 e. The van der Waals surface area contributed by atoms with E-state index in [-0.39, 0.29) is 0 Å². The predicted octanol–water partition coefficient (Wildman–Crippen LogP) is -0.601. The number of hydrogen-bond donors (Lipinski definition) is 0. The summed E-state index contributed by atoms with van der Waals surface area (Å²) < 4.78 is 79.1. The highest BCUT2D eigenvalue weighted by molar-refractivity contribution is 5.70. The van der Waals surface area contributed by atoms with Crippen molar-refractivity contribution in [3.8, 4) is 0 Å². The number of ether oxygens (including phenoxy) is 14. The number of carbonyl (C=O) groups is 9. The Bertz CT molecular complexity index is 1590. The van der Waals surface area contributed by atoms with E-state index in [1.807, 2.05) is 0 Å². The molecule has 0 bridgehead atoms. The molecule has 23 heteroatoms. The molecular formula is C36H48O23. The van der Waals surface area contributed by atoms with Crippen LogP contribution in [0.3, 0.4) is 0 Å². The summed E-state index contributed by atoms with van der Waals surface area (Å²) in [6, 6.07) is 0. The molecule has 0 aromatic heterocycles. The molecule has 2 fully saturated rings. The van der Waals surface area contributed by atoms with E-state index in [0.29, 0.717) is 0 Å². The topological polar surface area (TPSA) is 283 Å². The lowest BCUT2D eigenvalue weighted by atomic mass is 9.95. The van der Waals surface area contributed by atoms with Gasteiger partial charge in [0, 0.05) is 62.3 Å². The summed E-state index contributed by atoms with van der Waals surface area (Å²) in [5.74, 6) is -7.85. The SMILES string of the molecule is CC(=O)OC[C@H]1O[C@H](O[C@@H]2[C@H](OC(C)=O)[C@@H](OC(C)=O)[C@H](O[C@H]3[C@H](OC(C)=O)C=CO[C@@H]3COC(C)=O)O[C@@H]2COC(C)=O)[C@H](OC(C)=O)[C@@H](OC(C)=O)[C@H]1OC(C)=O. The molecule has 59 heavy (non-hydrogen) atoms. The van der Waals surface area contributed by atoms with Crippen molar-refractivity contribution in [2.45, 2.75) is 142 Å². The van der Waals surface area contributed by atoms with Gasteiger partial charge in [-0.2, -0.15) is 0 Å². The molecule has 0 spiro atoms. The Morgan fingerprint density at radius 3 is 1.14 bits per heavy atom. The molecule has 2 saturated heterocycles. The van der Waals surface area contributed by atoms with Crippen LogP contribution in [-0.4, -0.2) is 153 Å². The quantitative estimate of drug-likeness (QED) is 0.138. The van der Waals surface area contributed by atoms with Gasteiger partial charge in [0.05, 0.1) is 6.26 Å². The van der Waals surface area contributed by atoms with Gasteiger partial charge >= 0.3 is 53.7 Å². The average Bonchev–Trinajstić information content (AvgIpc) is 3.10. The number of rotatable bonds is 16. The van der Waals surface area contributed by atoms with Crippen LogP contribution in [0.1, 0.15) is 62.3 Å². The van der Waals surface area contributed by atoms with E-state index >= 15 is 0 Å². The van der Waals surface area contributed by atoms with E-state index in [2.05, 4.69) is 0 Å². The molecule has 13 atom stereocenters. The van der Waals surface area contributed by atoms with E-state index in [4.69, 9.17) is 66.3 Å². The van der Waals surface area contributed by atoms with Crippen LogP contribution in [0.5, 0.6) is 0 Å². The summed E-state index contributed by atoms with van der Waals surface area (Å²) in [6.45, 7) is 7.62. The van der Waals surface area contributed by atoms with Crippen molar-refractivity contribution in [3.05, 3.63) is 12.3 Å². The molecule has 0 amide bonds. The number of esters is 9. The standard InChI is InChI=1S/C36H48O23/c1-15(37)47-12-25-28(24(10-11-46-25)50-18(4)40)58-35-34(55-23(9)45)32(53-21(7)43)30(27(57-35)14-49-17(3)39)59-36-33(54-22(8)44)31(52-20(6)42)29(51-19(5)41)26(56-36)13-48-16(2)38/h10-11,24-36H,12-14H2,1-9H3/t24-,25-,26-,27-,28+,29+,30+,31+,32+,33-,34-,35+,36-/m1/s1. The van der Waals surface area contributed by atoms with Crippen molar-refractivity contribution in [2.24, 2.45) is 0 Å². The maximum absolute atomic E-state index is 12.8. The maximum atomic E-state index is 12.8. The Balaban J connectivity index is 2.21. The van der Waals surface area contributed by atoms with Crippen molar-refractivity contribution in [1.29, 1.82) is 0 Å². The van der Waals surface area contributed by atoms with Gasteiger partial charge in [0.15, 0.2) is 55.3 Å². The van der Waals surface area contributed by atoms with E-state index in [1.165, 1.54) is 12.3 Å². The van der Waals surface area contributed by atoms with Crippen molar-refractivity contribution < 1.29 is 109 Å². The largest absolute Gasteiger partial charge is 0.492 e. The molecule has 23 nitrogen and oxygen atoms in total. The zero-order chi connectivity index (χ0) is 44.1. The summed E-state index contributed by atoms with van der Waals surface area (Å²) in [5.41, 5.74) is 0. The lowest BCUT2D eigenvalue weighted by Gasteiger charge is -2.49. The Labute approximate surface area is 337 Å². The van der Waals surface area contributed by atoms with Crippen LogP contribution < -0.4 is 0 Å². The van der Waals surface area contributed by atoms with E-state index in [9.17, 15) is 43.2 Å². The average molecular weight is 849 g/mol. The fourth-order valence-corrected chi connectivity index (χ4v) is 6.16. The van der Waals surface area contributed by atoms with Gasteiger partial charge in [0.25, 0.3) is 0 Å². The molecule has 3 heterocycles. The predicted molar refractivity (Wildman–Crippen MR) is 184 cm³/mol. The van der Waals surface area contributed by atoms with E-state index in [0.717, 1.165) is 62.3 Å². The van der Waals surface area contributed by atoms with Gasteiger partial charge in [-0.3, -0.25) is 43.2 Å². The molecule has 0 N–H and O–H groups in total. The van der Waals surface area contributed by atoms with Crippen LogP contribution in [0.4, 0.5) is 0 Å². The van der Waals surface area contributed by atoms with Crippen LogP contribution in [0.2, 0.25) is 0 Å². The first-order chi connectivity index (χ1) is 27.7. The summed E-state index contributed by atoms with van der Waals surface area (Å²) in [6.07, 6.45) is -18.5. The van der Waals surface area contributed by atoms with E-state index < -0.39 is 153 Å². The molecule has 0 radical (unpaired) electrons. The summed E-state index contributed by atoms with van der Waals surface area (Å²) in [5, 5.41) is 0. The maximum Gasteiger partial charge on any atom is 0.303 e. The number of carbonyl (C=O) groups excluding carboxylic acids is 9. The first kappa shape index (κ1) is 48.0. The molecule has 3 rings (SSSR count). The first-order valence-corrected chi connectivity index (χ1v) is 18.0. The third-order valence-electron chi connectivity index (χ3n) is 8.14. The zero-order valence-electron chi connectivity index (χ0n) is 33.7. The highest BCUT2D eigenvalue weighted by atomic mass is 16.8. The third-order valence-corrected chi connectivity index (χ3v) is 8.14. The van der Waals surface area contributed by atoms with Gasteiger partial charge in [-0.05, 0) is 6.08 Å². The van der Waals surface area contributed by atoms with Gasteiger partial charge in [0.1, 0.15) is 44.2 Å². The van der Waals surface area contributed by atoms with Crippen molar-refractivity contribution in [1.82, 2.24) is 0 Å². The van der Waals surface area contributed by atoms with E-state index in [1.54, 1.807) is 0 Å². The molecule has 3 aliphatic heterocycles. The van der Waals surface area contributed by atoms with Crippen LogP contribution in [0.15, 0.2) is 12.3 Å². The van der Waals surface area contributed by atoms with Gasteiger partial charge in [-0.15, -0.1) is 0 Å². The molecule has 0 aromatic rings. The fraction of sp³-hybridized carbons (Fsp3) is 0.694. The molecule has 330 valence electrons. The molecule has 3 aliphatic rings. The van der Waals surface area contributed by atoms with Gasteiger partial charge < -0.3 is 66.3 Å². The van der Waals surface area contributed by atoms with Crippen molar-refractivity contribution in [2.75, 3.05) is 19.8 Å². The fourth-order valence-electron chi connectivity index (χ4n) is 6.16. The highest BCUT2D eigenvalue weighted by Gasteiger charge is 2.58. The summed E-state index contributed by atoms with van der Waals surface area (Å²) in [7, 11) is 0. The Kier molecular flexibility index (Phi) is 18.0. The second-order valence-corrected chi connectivity index (χ2v) is 13.1. The highest BCUT2D eigenvalue weighted by Crippen LogP contribution is 2.37. The molecule has 0 saturated carbocycles. The van der Waals surface area contributed by atoms with Gasteiger partial charge in [0.2, 0.25) is 0 Å². The molecule has 0 unspecified atom stereocenters. The Morgan fingerprint density at radius 2 is 0.729 bits per heavy atom. The smallest absolute Gasteiger partial charge is 0.303 e. The first-order valence-electron chi connectivity index (χ1n) is 18.0. The molecular weight excluding hydrogens is 800 g/mol. The molecule has 0 aliphatic carbocycles. The van der Waals surface area contributed by atoms with Crippen LogP contribution in [0, 0.1) is 0 Å².